The number of carboxylic acids is 1. The van der Waals surface area contributed by atoms with Gasteiger partial charge in [-0.15, -0.1) is 11.3 Å². The van der Waals surface area contributed by atoms with Gasteiger partial charge in [0.2, 0.25) is 0 Å². The molecule has 2 aromatic heterocycles. The van der Waals surface area contributed by atoms with Crippen LogP contribution in [0.4, 0.5) is 0 Å². The van der Waals surface area contributed by atoms with Gasteiger partial charge >= 0.3 is 5.97 Å². The molecule has 0 spiro atoms. The van der Waals surface area contributed by atoms with Crippen molar-refractivity contribution in [1.82, 2.24) is 9.55 Å². The lowest BCUT2D eigenvalue weighted by Gasteiger charge is -2.03. The molecule has 0 aliphatic rings. The van der Waals surface area contributed by atoms with E-state index in [4.69, 9.17) is 5.11 Å². The predicted octanol–water partition coefficient (Wildman–Crippen LogP) is 2.58. The fourth-order valence-corrected chi connectivity index (χ4v) is 2.26. The van der Waals surface area contributed by atoms with Crippen LogP contribution in [0.25, 0.3) is 5.69 Å². The number of thiophene rings is 1. The normalized spacial score (nSPS) is 10.6. The van der Waals surface area contributed by atoms with Gasteiger partial charge in [-0.2, -0.15) is 0 Å². The number of hydrogen-bond donors (Lipinski definition) is 1. The van der Waals surface area contributed by atoms with Gasteiger partial charge in [-0.1, -0.05) is 6.92 Å². The molecule has 0 aliphatic heterocycles. The molecule has 0 radical (unpaired) electrons. The number of nitrogens with zero attached hydrogens (tertiary/aromatic N) is 2. The molecule has 2 rings (SSSR count). The first-order chi connectivity index (χ1) is 7.72. The summed E-state index contributed by atoms with van der Waals surface area (Å²) >= 11 is 1.23. The van der Waals surface area contributed by atoms with Gasteiger partial charge in [0.15, 0.2) is 0 Å². The number of carbonyl (C=O) groups is 1. The molecule has 0 fully saturated rings. The van der Waals surface area contributed by atoms with Crippen molar-refractivity contribution in [3.05, 3.63) is 34.5 Å². The van der Waals surface area contributed by atoms with Crippen molar-refractivity contribution < 1.29 is 9.90 Å². The van der Waals surface area contributed by atoms with Gasteiger partial charge in [-0.05, 0) is 12.5 Å². The number of aryl methyl sites for hydroxylation is 1. The highest BCUT2D eigenvalue weighted by atomic mass is 32.1. The van der Waals surface area contributed by atoms with Gasteiger partial charge < -0.3 is 9.67 Å². The minimum absolute atomic E-state index is 0.353. The highest BCUT2D eigenvalue weighted by Crippen LogP contribution is 2.20. The molecular formula is C11H12N2O2S. The van der Waals surface area contributed by atoms with Crippen molar-refractivity contribution in [1.29, 1.82) is 0 Å². The lowest BCUT2D eigenvalue weighted by Crippen LogP contribution is -1.99. The van der Waals surface area contributed by atoms with E-state index < -0.39 is 5.97 Å². The highest BCUT2D eigenvalue weighted by Gasteiger charge is 2.10. The summed E-state index contributed by atoms with van der Waals surface area (Å²) in [6.07, 6.45) is 5.51. The molecule has 2 heterocycles. The van der Waals surface area contributed by atoms with E-state index in [2.05, 4.69) is 11.9 Å². The number of imidazole rings is 1. The first kappa shape index (κ1) is 10.9. The van der Waals surface area contributed by atoms with E-state index in [1.165, 1.54) is 11.3 Å². The van der Waals surface area contributed by atoms with Crippen molar-refractivity contribution in [2.45, 2.75) is 19.8 Å². The Morgan fingerprint density at radius 3 is 3.06 bits per heavy atom. The van der Waals surface area contributed by atoms with Crippen LogP contribution < -0.4 is 0 Å². The SMILES string of the molecule is CCCc1nccn1-c1csc(C(=O)O)c1. The van der Waals surface area contributed by atoms with Gasteiger partial charge in [-0.25, -0.2) is 9.78 Å². The van der Waals surface area contributed by atoms with Crippen LogP contribution in [-0.4, -0.2) is 20.6 Å². The first-order valence-corrected chi connectivity index (χ1v) is 5.94. The van der Waals surface area contributed by atoms with Crippen LogP contribution in [0.15, 0.2) is 23.8 Å². The third kappa shape index (κ3) is 1.99. The number of aromatic nitrogens is 2. The minimum Gasteiger partial charge on any atom is -0.477 e. The first-order valence-electron chi connectivity index (χ1n) is 5.06. The van der Waals surface area contributed by atoms with Crippen molar-refractivity contribution in [2.75, 3.05) is 0 Å². The van der Waals surface area contributed by atoms with E-state index in [0.29, 0.717) is 4.88 Å². The third-order valence-corrected chi connectivity index (χ3v) is 3.17. The summed E-state index contributed by atoms with van der Waals surface area (Å²) in [5.41, 5.74) is 0.878. The van der Waals surface area contributed by atoms with E-state index >= 15 is 0 Å². The Hall–Kier alpha value is -1.62. The maximum atomic E-state index is 10.8. The lowest BCUT2D eigenvalue weighted by atomic mass is 10.3. The van der Waals surface area contributed by atoms with E-state index in [9.17, 15) is 4.79 Å². The number of carboxylic acid groups (broad SMARTS) is 1. The van der Waals surface area contributed by atoms with Crippen LogP contribution in [0.3, 0.4) is 0 Å². The monoisotopic (exact) mass is 236 g/mol. The molecule has 0 unspecified atom stereocenters. The smallest absolute Gasteiger partial charge is 0.345 e. The number of rotatable bonds is 4. The third-order valence-electron chi connectivity index (χ3n) is 2.27. The van der Waals surface area contributed by atoms with E-state index in [0.717, 1.165) is 24.4 Å². The van der Waals surface area contributed by atoms with Gasteiger partial charge in [-0.3, -0.25) is 0 Å². The quantitative estimate of drug-likeness (QED) is 0.887. The molecule has 0 bridgehead atoms. The standard InChI is InChI=1S/C11H12N2O2S/c1-2-3-10-12-4-5-13(10)8-6-9(11(14)15)16-7-8/h4-7H,2-3H2,1H3,(H,14,15). The van der Waals surface area contributed by atoms with Crippen LogP contribution in [0.5, 0.6) is 0 Å². The molecule has 0 saturated heterocycles. The molecule has 0 amide bonds. The van der Waals surface area contributed by atoms with E-state index in [1.54, 1.807) is 12.3 Å². The molecule has 0 aromatic carbocycles. The molecule has 5 heteroatoms. The average molecular weight is 236 g/mol. The van der Waals surface area contributed by atoms with Crippen LogP contribution in [0.1, 0.15) is 28.8 Å². The molecular weight excluding hydrogens is 224 g/mol. The molecule has 0 saturated carbocycles. The van der Waals surface area contributed by atoms with Crippen LogP contribution in [-0.2, 0) is 6.42 Å². The van der Waals surface area contributed by atoms with E-state index in [-0.39, 0.29) is 0 Å². The average Bonchev–Trinajstić information content (AvgIpc) is 2.84. The summed E-state index contributed by atoms with van der Waals surface area (Å²) in [4.78, 5) is 15.4. The summed E-state index contributed by atoms with van der Waals surface area (Å²) in [6.45, 7) is 2.09. The van der Waals surface area contributed by atoms with Gasteiger partial charge in [0, 0.05) is 24.2 Å². The van der Waals surface area contributed by atoms with Crippen LogP contribution in [0.2, 0.25) is 0 Å². The van der Waals surface area contributed by atoms with Crippen molar-refractivity contribution in [2.24, 2.45) is 0 Å². The second-order valence-electron chi connectivity index (χ2n) is 3.44. The van der Waals surface area contributed by atoms with Gasteiger partial charge in [0.25, 0.3) is 0 Å². The summed E-state index contributed by atoms with van der Waals surface area (Å²) in [5.74, 6) is 0.0886. The second-order valence-corrected chi connectivity index (χ2v) is 4.35. The lowest BCUT2D eigenvalue weighted by molar-refractivity contribution is 0.0702. The Morgan fingerprint density at radius 1 is 1.62 bits per heavy atom. The van der Waals surface area contributed by atoms with E-state index in [1.807, 2.05) is 16.1 Å². The zero-order valence-corrected chi connectivity index (χ0v) is 9.70. The fraction of sp³-hybridized carbons (Fsp3) is 0.273. The van der Waals surface area contributed by atoms with Crippen molar-refractivity contribution in [3.63, 3.8) is 0 Å². The Bertz CT molecular complexity index is 502. The predicted molar refractivity (Wildman–Crippen MR) is 62.4 cm³/mol. The number of hydrogen-bond acceptors (Lipinski definition) is 3. The van der Waals surface area contributed by atoms with Gasteiger partial charge in [0.05, 0.1) is 5.69 Å². The van der Waals surface area contributed by atoms with Gasteiger partial charge in [0.1, 0.15) is 10.7 Å². The molecule has 0 aliphatic carbocycles. The Balaban J connectivity index is 2.34. The maximum Gasteiger partial charge on any atom is 0.345 e. The molecule has 2 aromatic rings. The zero-order valence-electron chi connectivity index (χ0n) is 8.88. The summed E-state index contributed by atoms with van der Waals surface area (Å²) in [7, 11) is 0. The maximum absolute atomic E-state index is 10.8. The number of aromatic carboxylic acids is 1. The Kier molecular flexibility index (Phi) is 3.05. The molecule has 0 atom stereocenters. The highest BCUT2D eigenvalue weighted by molar-refractivity contribution is 7.12. The zero-order chi connectivity index (χ0) is 11.5. The largest absolute Gasteiger partial charge is 0.477 e. The Morgan fingerprint density at radius 2 is 2.44 bits per heavy atom. The fourth-order valence-electron chi connectivity index (χ4n) is 1.54. The van der Waals surface area contributed by atoms with Crippen LogP contribution >= 0.6 is 11.3 Å². The molecule has 16 heavy (non-hydrogen) atoms. The second kappa shape index (κ2) is 4.49. The Labute approximate surface area is 97.2 Å². The minimum atomic E-state index is -0.881. The topological polar surface area (TPSA) is 55.1 Å². The summed E-state index contributed by atoms with van der Waals surface area (Å²) < 4.78 is 1.94. The van der Waals surface area contributed by atoms with Crippen LogP contribution in [0, 0.1) is 0 Å². The molecule has 1 N–H and O–H groups in total. The molecule has 4 nitrogen and oxygen atoms in total. The summed E-state index contributed by atoms with van der Waals surface area (Å²) in [5, 5.41) is 10.7. The van der Waals surface area contributed by atoms with Crippen molar-refractivity contribution >= 4 is 17.3 Å². The van der Waals surface area contributed by atoms with Crippen molar-refractivity contribution in [3.8, 4) is 5.69 Å². The molecule has 84 valence electrons. The summed E-state index contributed by atoms with van der Waals surface area (Å²) in [6, 6.07) is 1.67.